The summed E-state index contributed by atoms with van der Waals surface area (Å²) in [5, 5.41) is 7.77. The van der Waals surface area contributed by atoms with E-state index in [-0.39, 0.29) is 28.5 Å². The van der Waals surface area contributed by atoms with Crippen molar-refractivity contribution in [2.75, 3.05) is 43.0 Å². The van der Waals surface area contributed by atoms with Crippen molar-refractivity contribution in [2.24, 2.45) is 5.14 Å². The first-order valence-electron chi connectivity index (χ1n) is 8.27. The average Bonchev–Trinajstić information content (AvgIpc) is 2.94. The molecule has 9 nitrogen and oxygen atoms in total. The minimum atomic E-state index is -3.76. The molecule has 3 N–H and O–H groups in total. The second-order valence-corrected chi connectivity index (χ2v) is 10.4. The highest BCUT2D eigenvalue weighted by molar-refractivity contribution is 7.91. The first kappa shape index (κ1) is 19.1. The van der Waals surface area contributed by atoms with Crippen LogP contribution in [0.25, 0.3) is 0 Å². The number of nitrogens with one attached hydrogen (secondary N) is 1. The molecule has 2 aliphatic rings. The summed E-state index contributed by atoms with van der Waals surface area (Å²) in [7, 11) is -6.68. The van der Waals surface area contributed by atoms with Crippen molar-refractivity contribution in [1.82, 2.24) is 9.80 Å². The summed E-state index contributed by atoms with van der Waals surface area (Å²) in [5.41, 5.74) is 0.478. The molecule has 0 aromatic heterocycles. The van der Waals surface area contributed by atoms with Crippen LogP contribution in [0.5, 0.6) is 0 Å². The Morgan fingerprint density at radius 3 is 2.23 bits per heavy atom. The van der Waals surface area contributed by atoms with Crippen LogP contribution in [0.2, 0.25) is 0 Å². The van der Waals surface area contributed by atoms with Crippen LogP contribution in [-0.2, 0) is 19.9 Å². The van der Waals surface area contributed by atoms with Crippen LogP contribution in [0, 0.1) is 0 Å². The third-order valence-electron chi connectivity index (χ3n) is 4.76. The van der Waals surface area contributed by atoms with Crippen molar-refractivity contribution in [1.29, 1.82) is 0 Å². The van der Waals surface area contributed by atoms with Gasteiger partial charge in [-0.25, -0.2) is 26.8 Å². The molecule has 3 rings (SSSR count). The van der Waals surface area contributed by atoms with E-state index in [4.69, 9.17) is 5.14 Å². The summed E-state index contributed by atoms with van der Waals surface area (Å²) in [6.45, 7) is 2.30. The molecule has 0 aliphatic carbocycles. The summed E-state index contributed by atoms with van der Waals surface area (Å²) in [6.07, 6.45) is 0.658. The van der Waals surface area contributed by atoms with E-state index in [1.54, 1.807) is 4.90 Å². The van der Waals surface area contributed by atoms with E-state index in [1.807, 2.05) is 0 Å². The van der Waals surface area contributed by atoms with E-state index in [2.05, 4.69) is 10.2 Å². The Morgan fingerprint density at radius 2 is 1.73 bits per heavy atom. The smallest absolute Gasteiger partial charge is 0.321 e. The molecular formula is C15H22N4O5S2. The van der Waals surface area contributed by atoms with Crippen molar-refractivity contribution < 1.29 is 21.6 Å². The van der Waals surface area contributed by atoms with Gasteiger partial charge < -0.3 is 10.2 Å². The third kappa shape index (κ3) is 4.53. The van der Waals surface area contributed by atoms with Crippen molar-refractivity contribution in [2.45, 2.75) is 17.4 Å². The lowest BCUT2D eigenvalue weighted by molar-refractivity contribution is 0.121. The molecule has 0 saturated carbocycles. The summed E-state index contributed by atoms with van der Waals surface area (Å²) in [5.74, 6) is 0.447. The minimum Gasteiger partial charge on any atom is -0.322 e. The summed E-state index contributed by atoms with van der Waals surface area (Å²) >= 11 is 0. The van der Waals surface area contributed by atoms with Gasteiger partial charge in [0.1, 0.15) is 0 Å². The van der Waals surface area contributed by atoms with E-state index < -0.39 is 19.9 Å². The van der Waals surface area contributed by atoms with Crippen LogP contribution in [-0.4, -0.2) is 76.4 Å². The minimum absolute atomic E-state index is 0.0179. The lowest BCUT2D eigenvalue weighted by Gasteiger charge is -2.37. The summed E-state index contributed by atoms with van der Waals surface area (Å²) in [6, 6.07) is 5.42. The van der Waals surface area contributed by atoms with E-state index in [0.29, 0.717) is 38.3 Å². The first-order chi connectivity index (χ1) is 12.1. The average molecular weight is 402 g/mol. The van der Waals surface area contributed by atoms with E-state index in [1.165, 1.54) is 24.3 Å². The maximum absolute atomic E-state index is 12.3. The third-order valence-corrected chi connectivity index (χ3v) is 7.44. The molecule has 2 fully saturated rings. The molecule has 1 aromatic rings. The van der Waals surface area contributed by atoms with Gasteiger partial charge in [-0.1, -0.05) is 0 Å². The number of nitrogens with zero attached hydrogens (tertiary/aromatic N) is 2. The lowest BCUT2D eigenvalue weighted by atomic mass is 10.2. The predicted molar refractivity (Wildman–Crippen MR) is 97.0 cm³/mol. The first-order valence-corrected chi connectivity index (χ1v) is 11.6. The maximum Gasteiger partial charge on any atom is 0.321 e. The number of amides is 2. The number of benzene rings is 1. The number of hydrogen-bond acceptors (Lipinski definition) is 6. The Morgan fingerprint density at radius 1 is 1.12 bits per heavy atom. The van der Waals surface area contributed by atoms with Crippen molar-refractivity contribution >= 4 is 31.6 Å². The summed E-state index contributed by atoms with van der Waals surface area (Å²) < 4.78 is 45.7. The fourth-order valence-corrected chi connectivity index (χ4v) is 5.56. The molecule has 2 aliphatic heterocycles. The highest BCUT2D eigenvalue weighted by Crippen LogP contribution is 2.20. The quantitative estimate of drug-likeness (QED) is 0.712. The number of rotatable bonds is 3. The Bertz CT molecular complexity index is 875. The molecule has 11 heteroatoms. The zero-order valence-electron chi connectivity index (χ0n) is 14.2. The number of sulfone groups is 1. The van der Waals surface area contributed by atoms with Gasteiger partial charge in [-0.2, -0.15) is 0 Å². The van der Waals surface area contributed by atoms with Crippen LogP contribution >= 0.6 is 0 Å². The standard InChI is InChI=1S/C15H22N4O5S2/c16-26(23,24)14-3-1-12(2-4-14)17-15(20)19-8-6-18(7-9-19)13-5-10-25(21,22)11-13/h1-4,13H,5-11H2,(H,17,20)(H2,16,23,24). The zero-order chi connectivity index (χ0) is 18.9. The van der Waals surface area contributed by atoms with Crippen LogP contribution < -0.4 is 10.5 Å². The maximum atomic E-state index is 12.3. The van der Waals surface area contributed by atoms with Gasteiger partial charge in [-0.3, -0.25) is 4.90 Å². The van der Waals surface area contributed by atoms with Crippen LogP contribution in [0.15, 0.2) is 29.2 Å². The number of primary sulfonamides is 1. The van der Waals surface area contributed by atoms with Gasteiger partial charge in [0, 0.05) is 37.9 Å². The second kappa shape index (κ2) is 7.14. The normalized spacial score (nSPS) is 23.7. The van der Waals surface area contributed by atoms with Crippen LogP contribution in [0.3, 0.4) is 0 Å². The number of hydrogen-bond donors (Lipinski definition) is 2. The molecule has 1 aromatic carbocycles. The number of carbonyl (C=O) groups is 1. The van der Waals surface area contributed by atoms with Crippen molar-refractivity contribution in [3.8, 4) is 0 Å². The number of sulfonamides is 1. The Kier molecular flexibility index (Phi) is 5.24. The fraction of sp³-hybridized carbons (Fsp3) is 0.533. The van der Waals surface area contributed by atoms with Gasteiger partial charge in [0.05, 0.1) is 16.4 Å². The van der Waals surface area contributed by atoms with Gasteiger partial charge in [0.15, 0.2) is 9.84 Å². The van der Waals surface area contributed by atoms with Gasteiger partial charge in [0.2, 0.25) is 10.0 Å². The SMILES string of the molecule is NS(=O)(=O)c1ccc(NC(=O)N2CCN(C3CCS(=O)(=O)C3)CC2)cc1. The van der Waals surface area contributed by atoms with Crippen molar-refractivity contribution in [3.63, 3.8) is 0 Å². The number of anilines is 1. The van der Waals surface area contributed by atoms with Crippen LogP contribution in [0.4, 0.5) is 10.5 Å². The van der Waals surface area contributed by atoms with Crippen LogP contribution in [0.1, 0.15) is 6.42 Å². The predicted octanol–water partition coefficient (Wildman–Crippen LogP) is -0.329. The molecular weight excluding hydrogens is 380 g/mol. The van der Waals surface area contributed by atoms with Gasteiger partial charge in [-0.15, -0.1) is 0 Å². The van der Waals surface area contributed by atoms with Gasteiger partial charge >= 0.3 is 6.03 Å². The Hall–Kier alpha value is -1.69. The number of piperazine rings is 1. The highest BCUT2D eigenvalue weighted by Gasteiger charge is 2.34. The molecule has 26 heavy (non-hydrogen) atoms. The fourth-order valence-electron chi connectivity index (χ4n) is 3.28. The largest absolute Gasteiger partial charge is 0.322 e. The number of carbonyl (C=O) groups excluding carboxylic acids is 1. The second-order valence-electron chi connectivity index (χ2n) is 6.58. The van der Waals surface area contributed by atoms with E-state index in [9.17, 15) is 21.6 Å². The topological polar surface area (TPSA) is 130 Å². The highest BCUT2D eigenvalue weighted by atomic mass is 32.2. The molecule has 1 atom stereocenters. The molecule has 0 radical (unpaired) electrons. The Balaban J connectivity index is 1.52. The molecule has 144 valence electrons. The number of nitrogens with two attached hydrogens (primary N) is 1. The zero-order valence-corrected chi connectivity index (χ0v) is 15.8. The van der Waals surface area contributed by atoms with Crippen molar-refractivity contribution in [3.05, 3.63) is 24.3 Å². The number of urea groups is 1. The van der Waals surface area contributed by atoms with E-state index in [0.717, 1.165) is 0 Å². The molecule has 2 amide bonds. The summed E-state index contributed by atoms with van der Waals surface area (Å²) in [4.78, 5) is 16.1. The van der Waals surface area contributed by atoms with E-state index >= 15 is 0 Å². The Labute approximate surface area is 153 Å². The molecule has 0 spiro atoms. The lowest BCUT2D eigenvalue weighted by Crippen LogP contribution is -2.53. The molecule has 0 bridgehead atoms. The molecule has 1 unspecified atom stereocenters. The molecule has 2 heterocycles. The molecule has 2 saturated heterocycles. The van der Waals surface area contributed by atoms with Gasteiger partial charge in [0.25, 0.3) is 0 Å². The monoisotopic (exact) mass is 402 g/mol. The van der Waals surface area contributed by atoms with Gasteiger partial charge in [-0.05, 0) is 30.7 Å².